The molecule has 0 saturated carbocycles. The first-order valence-corrected chi connectivity index (χ1v) is 30.6. The lowest BCUT2D eigenvalue weighted by molar-refractivity contribution is -0.117. The van der Waals surface area contributed by atoms with Gasteiger partial charge in [-0.2, -0.15) is 0 Å². The summed E-state index contributed by atoms with van der Waals surface area (Å²) in [5.41, 5.74) is 9.90. The number of carbonyl (C=O) groups is 2. The Balaban J connectivity index is 1.70. The van der Waals surface area contributed by atoms with Crippen LogP contribution in [-0.2, 0) is 56.9 Å². The van der Waals surface area contributed by atoms with E-state index < -0.39 is 0 Å². The highest BCUT2D eigenvalue weighted by Gasteiger charge is 2.29. The van der Waals surface area contributed by atoms with Crippen LogP contribution in [0.5, 0.6) is 23.0 Å². The number of amides is 2. The van der Waals surface area contributed by atoms with Crippen LogP contribution in [0.4, 0.5) is 11.4 Å². The third kappa shape index (κ3) is 20.9. The molecule has 8 nitrogen and oxygen atoms in total. The van der Waals surface area contributed by atoms with Gasteiger partial charge in [0.2, 0.25) is 11.8 Å². The third-order valence-corrected chi connectivity index (χ3v) is 15.3. The van der Waals surface area contributed by atoms with E-state index in [-0.39, 0.29) is 46.3 Å². The van der Waals surface area contributed by atoms with E-state index in [4.69, 9.17) is 9.47 Å². The summed E-state index contributed by atoms with van der Waals surface area (Å²) in [5, 5.41) is 29.3. The zero-order chi connectivity index (χ0) is 57.8. The number of rotatable bonds is 31. The van der Waals surface area contributed by atoms with Gasteiger partial charge in [0.1, 0.15) is 23.0 Å². The standard InChI is InChI=1S/C70H108N2O6/c1-17-20-22-24-26-28-30-32-38-77-65-49(4)40-55(71-61(73)36-34-50-41-57(67(5,6)7)63(75)58(42-50)68(8,9)10)47-53(65)45-54-48-56(46-52(19-3)66(54)78-39-33-31-29-27-25-23-21-18-2)72-62(74)37-35-51-43-59(69(11,12)13)64(76)60(44-51)70(14,15)16/h40-44,46-48,75-76H,17-39,45H2,1-16H3,(H,71,73)(H,72,74). The molecule has 8 heteroatoms. The van der Waals surface area contributed by atoms with Crippen LogP contribution >= 0.6 is 0 Å². The molecule has 2 amide bonds. The minimum Gasteiger partial charge on any atom is -0.507 e. The molecular formula is C70H108N2O6. The predicted molar refractivity (Wildman–Crippen MR) is 331 cm³/mol. The molecule has 78 heavy (non-hydrogen) atoms. The number of ether oxygens (including phenoxy) is 2. The minimum atomic E-state index is -0.266. The summed E-state index contributed by atoms with van der Waals surface area (Å²) in [7, 11) is 0. The van der Waals surface area contributed by atoms with Crippen molar-refractivity contribution >= 4 is 23.2 Å². The van der Waals surface area contributed by atoms with Crippen LogP contribution in [0.3, 0.4) is 0 Å². The van der Waals surface area contributed by atoms with E-state index in [1.807, 2.05) is 6.07 Å². The van der Waals surface area contributed by atoms with E-state index in [0.717, 1.165) is 98.5 Å². The maximum atomic E-state index is 14.0. The molecule has 0 heterocycles. The summed E-state index contributed by atoms with van der Waals surface area (Å²) in [4.78, 5) is 28.0. The second kappa shape index (κ2) is 30.6. The smallest absolute Gasteiger partial charge is 0.224 e. The molecule has 0 aromatic heterocycles. The number of hydrogen-bond acceptors (Lipinski definition) is 6. The molecule has 0 bridgehead atoms. The number of phenolic OH excluding ortho intramolecular Hbond substituents is 2. The van der Waals surface area contributed by atoms with E-state index in [1.54, 1.807) is 0 Å². The molecule has 0 spiro atoms. The van der Waals surface area contributed by atoms with Crippen molar-refractivity contribution in [2.24, 2.45) is 0 Å². The summed E-state index contributed by atoms with van der Waals surface area (Å²) < 4.78 is 13.6. The molecule has 0 unspecified atom stereocenters. The summed E-state index contributed by atoms with van der Waals surface area (Å²) in [6, 6.07) is 16.5. The molecule has 0 atom stereocenters. The van der Waals surface area contributed by atoms with Crippen molar-refractivity contribution in [1.29, 1.82) is 0 Å². The van der Waals surface area contributed by atoms with Gasteiger partial charge in [0.05, 0.1) is 13.2 Å². The lowest BCUT2D eigenvalue weighted by Crippen LogP contribution is -2.18. The van der Waals surface area contributed by atoms with Crippen LogP contribution < -0.4 is 20.1 Å². The third-order valence-electron chi connectivity index (χ3n) is 15.3. The van der Waals surface area contributed by atoms with Crippen molar-refractivity contribution in [1.82, 2.24) is 0 Å². The molecule has 0 aliphatic rings. The zero-order valence-electron chi connectivity index (χ0n) is 52.1. The Hall–Kier alpha value is -4.98. The number of benzene rings is 4. The van der Waals surface area contributed by atoms with Crippen molar-refractivity contribution in [3.63, 3.8) is 0 Å². The van der Waals surface area contributed by atoms with Gasteiger partial charge in [0.25, 0.3) is 0 Å². The SMILES string of the molecule is CCCCCCCCCCOc1c(C)cc(NC(=O)CCc2cc(C(C)(C)C)c(O)c(C(C)(C)C)c2)cc1Cc1cc(NC(=O)CCc2cc(C(C)(C)C)c(O)c(C(C)(C)C)c2)cc(CC)c1OCCCCCCCCCC. The van der Waals surface area contributed by atoms with Gasteiger partial charge in [-0.25, -0.2) is 0 Å². The van der Waals surface area contributed by atoms with E-state index in [1.165, 1.54) is 77.0 Å². The number of hydrogen-bond donors (Lipinski definition) is 4. The number of phenols is 2. The highest BCUT2D eigenvalue weighted by atomic mass is 16.5. The Kier molecular flexibility index (Phi) is 25.7. The second-order valence-corrected chi connectivity index (χ2v) is 26.8. The molecule has 4 aromatic rings. The molecule has 0 radical (unpaired) electrons. The Morgan fingerprint density at radius 3 is 1.12 bits per heavy atom. The van der Waals surface area contributed by atoms with Crippen molar-refractivity contribution in [3.05, 3.63) is 104 Å². The topological polar surface area (TPSA) is 117 Å². The van der Waals surface area contributed by atoms with Gasteiger partial charge in [0, 0.05) is 41.8 Å². The van der Waals surface area contributed by atoms with E-state index in [9.17, 15) is 19.8 Å². The van der Waals surface area contributed by atoms with Gasteiger partial charge in [-0.3, -0.25) is 9.59 Å². The first-order chi connectivity index (χ1) is 36.7. The highest BCUT2D eigenvalue weighted by Crippen LogP contribution is 2.42. The molecule has 4 rings (SSSR count). The van der Waals surface area contributed by atoms with Crippen molar-refractivity contribution in [2.45, 2.75) is 274 Å². The lowest BCUT2D eigenvalue weighted by atomic mass is 9.78. The van der Waals surface area contributed by atoms with Gasteiger partial charge in [-0.1, -0.05) is 218 Å². The number of nitrogens with one attached hydrogen (secondary N) is 2. The Morgan fingerprint density at radius 1 is 0.436 bits per heavy atom. The summed E-state index contributed by atoms with van der Waals surface area (Å²) in [6.07, 6.45) is 22.2. The Morgan fingerprint density at radius 2 is 0.756 bits per heavy atom. The predicted octanol–water partition coefficient (Wildman–Crippen LogP) is 18.9. The van der Waals surface area contributed by atoms with Crippen LogP contribution in [0, 0.1) is 6.92 Å². The monoisotopic (exact) mass is 1070 g/mol. The van der Waals surface area contributed by atoms with Gasteiger partial charge in [0.15, 0.2) is 0 Å². The normalized spacial score (nSPS) is 12.3. The fraction of sp³-hybridized carbons (Fsp3) is 0.629. The fourth-order valence-electron chi connectivity index (χ4n) is 10.6. The summed E-state index contributed by atoms with van der Waals surface area (Å²) in [5.74, 6) is 2.19. The highest BCUT2D eigenvalue weighted by molar-refractivity contribution is 5.92. The first kappa shape index (κ1) is 65.5. The van der Waals surface area contributed by atoms with Crippen molar-refractivity contribution < 1.29 is 29.3 Å². The zero-order valence-corrected chi connectivity index (χ0v) is 52.1. The van der Waals surface area contributed by atoms with Crippen LogP contribution in [-0.4, -0.2) is 35.2 Å². The molecule has 4 N–H and O–H groups in total. The molecule has 0 fully saturated rings. The van der Waals surface area contributed by atoms with E-state index >= 15 is 0 Å². The van der Waals surface area contributed by atoms with Crippen molar-refractivity contribution in [3.8, 4) is 23.0 Å². The largest absolute Gasteiger partial charge is 0.507 e. The van der Waals surface area contributed by atoms with E-state index in [0.29, 0.717) is 56.1 Å². The van der Waals surface area contributed by atoms with Gasteiger partial charge < -0.3 is 30.3 Å². The second-order valence-electron chi connectivity index (χ2n) is 26.8. The summed E-state index contributed by atoms with van der Waals surface area (Å²) >= 11 is 0. The first-order valence-electron chi connectivity index (χ1n) is 30.6. The molecular weight excluding hydrogens is 965 g/mol. The van der Waals surface area contributed by atoms with E-state index in [2.05, 4.69) is 164 Å². The number of aromatic hydroxyl groups is 2. The average Bonchev–Trinajstić information content (AvgIpc) is 3.34. The number of aryl methyl sites for hydroxylation is 4. The molecule has 0 saturated heterocycles. The molecule has 4 aromatic carbocycles. The molecule has 0 aliphatic heterocycles. The Labute approximate surface area is 475 Å². The average molecular weight is 1070 g/mol. The van der Waals surface area contributed by atoms with Crippen LogP contribution in [0.2, 0.25) is 0 Å². The quantitative estimate of drug-likeness (QED) is 0.0373. The van der Waals surface area contributed by atoms with Crippen LogP contribution in [0.1, 0.15) is 275 Å². The van der Waals surface area contributed by atoms with Gasteiger partial charge in [-0.15, -0.1) is 0 Å². The molecule has 0 aliphatic carbocycles. The number of carbonyl (C=O) groups excluding carboxylic acids is 2. The fourth-order valence-corrected chi connectivity index (χ4v) is 10.6. The lowest BCUT2D eigenvalue weighted by Gasteiger charge is -2.28. The minimum absolute atomic E-state index is 0.0789. The van der Waals surface area contributed by atoms with Crippen molar-refractivity contribution in [2.75, 3.05) is 23.8 Å². The maximum Gasteiger partial charge on any atom is 0.224 e. The van der Waals surface area contributed by atoms with Gasteiger partial charge >= 0.3 is 0 Å². The summed E-state index contributed by atoms with van der Waals surface area (Å²) in [6.45, 7) is 35.3. The molecule has 434 valence electrons. The van der Waals surface area contributed by atoms with Crippen LogP contribution in [0.15, 0.2) is 48.5 Å². The number of unbranched alkanes of at least 4 members (excludes halogenated alkanes) is 14. The maximum absolute atomic E-state index is 14.0. The number of anilines is 2. The van der Waals surface area contributed by atoms with Gasteiger partial charge in [-0.05, 0) is 129 Å². The Bertz CT molecular complexity index is 2460. The van der Waals surface area contributed by atoms with Crippen LogP contribution in [0.25, 0.3) is 0 Å².